The molecule has 0 spiro atoms. The van der Waals surface area contributed by atoms with Crippen molar-refractivity contribution in [2.45, 2.75) is 24.8 Å². The van der Waals surface area contributed by atoms with Gasteiger partial charge in [-0.3, -0.25) is 14.5 Å². The minimum Gasteiger partial charge on any atom is -0.455 e. The fourth-order valence-corrected chi connectivity index (χ4v) is 3.96. The average molecular weight is 355 g/mol. The molecule has 5 heteroatoms. The molecule has 0 fully saturated rings. The van der Waals surface area contributed by atoms with Crippen LogP contribution >= 0.6 is 11.8 Å². The summed E-state index contributed by atoms with van der Waals surface area (Å²) in [7, 11) is 0. The number of carbonyl (C=O) groups excluding carboxylic acids is 2. The summed E-state index contributed by atoms with van der Waals surface area (Å²) in [6.45, 7) is 3.28. The van der Waals surface area contributed by atoms with Crippen LogP contribution in [0.3, 0.4) is 0 Å². The lowest BCUT2D eigenvalue weighted by Gasteiger charge is -2.37. The summed E-state index contributed by atoms with van der Waals surface area (Å²) in [5.41, 5.74) is 1.95. The van der Waals surface area contributed by atoms with Crippen molar-refractivity contribution in [1.29, 1.82) is 0 Å². The van der Waals surface area contributed by atoms with Crippen molar-refractivity contribution < 1.29 is 14.3 Å². The number of anilines is 1. The highest BCUT2D eigenvalue weighted by molar-refractivity contribution is 7.99. The Morgan fingerprint density at radius 1 is 1.12 bits per heavy atom. The molecule has 1 aliphatic heterocycles. The molecule has 3 rings (SSSR count). The predicted molar refractivity (Wildman–Crippen MR) is 99.6 cm³/mol. The molecule has 0 radical (unpaired) electrons. The van der Waals surface area contributed by atoms with Gasteiger partial charge < -0.3 is 4.74 Å². The van der Waals surface area contributed by atoms with Gasteiger partial charge in [-0.2, -0.15) is 0 Å². The lowest BCUT2D eigenvalue weighted by atomic mass is 10.1. The zero-order valence-electron chi connectivity index (χ0n) is 14.3. The lowest BCUT2D eigenvalue weighted by Crippen LogP contribution is -2.41. The van der Waals surface area contributed by atoms with E-state index in [4.69, 9.17) is 4.74 Å². The van der Waals surface area contributed by atoms with E-state index >= 15 is 0 Å². The first kappa shape index (κ1) is 17.5. The number of hydrogen-bond donors (Lipinski definition) is 0. The second-order valence-electron chi connectivity index (χ2n) is 6.23. The van der Waals surface area contributed by atoms with Crippen LogP contribution in [0, 0.1) is 5.92 Å². The average Bonchev–Trinajstić information content (AvgIpc) is 2.65. The fraction of sp³-hybridized carbons (Fsp3) is 0.300. The maximum Gasteiger partial charge on any atom is 0.308 e. The Morgan fingerprint density at radius 3 is 2.52 bits per heavy atom. The molecule has 2 aromatic carbocycles. The van der Waals surface area contributed by atoms with E-state index < -0.39 is 0 Å². The molecule has 25 heavy (non-hydrogen) atoms. The van der Waals surface area contributed by atoms with Crippen LogP contribution in [0.2, 0.25) is 0 Å². The van der Waals surface area contributed by atoms with Gasteiger partial charge in [0.15, 0.2) is 6.61 Å². The van der Waals surface area contributed by atoms with E-state index in [2.05, 4.69) is 0 Å². The highest BCUT2D eigenvalue weighted by Crippen LogP contribution is 2.43. The van der Waals surface area contributed by atoms with Gasteiger partial charge in [0.1, 0.15) is 0 Å². The summed E-state index contributed by atoms with van der Waals surface area (Å²) in [5, 5.41) is 0. The summed E-state index contributed by atoms with van der Waals surface area (Å²) in [4.78, 5) is 27.5. The number of hydrogen-bond acceptors (Lipinski definition) is 4. The maximum atomic E-state index is 12.9. The van der Waals surface area contributed by atoms with Crippen molar-refractivity contribution in [3.63, 3.8) is 0 Å². The van der Waals surface area contributed by atoms with E-state index in [-0.39, 0.29) is 30.4 Å². The van der Waals surface area contributed by atoms with Gasteiger partial charge in [-0.05, 0) is 17.7 Å². The molecular formula is C20H21NO3S. The van der Waals surface area contributed by atoms with Gasteiger partial charge in [-0.15, -0.1) is 11.8 Å². The van der Waals surface area contributed by atoms with E-state index in [1.54, 1.807) is 30.5 Å². The monoisotopic (exact) mass is 355 g/mol. The van der Waals surface area contributed by atoms with Crippen molar-refractivity contribution in [3.05, 3.63) is 60.2 Å². The molecule has 0 aromatic heterocycles. The molecule has 0 aliphatic carbocycles. The molecule has 0 saturated carbocycles. The van der Waals surface area contributed by atoms with Crippen LogP contribution in [0.15, 0.2) is 59.5 Å². The second-order valence-corrected chi connectivity index (χ2v) is 7.29. The number of esters is 1. The van der Waals surface area contributed by atoms with Crippen LogP contribution in [-0.2, 0) is 14.3 Å². The van der Waals surface area contributed by atoms with Gasteiger partial charge in [0, 0.05) is 10.6 Å². The number of rotatable bonds is 4. The molecule has 1 atom stereocenters. The molecule has 0 saturated heterocycles. The van der Waals surface area contributed by atoms with E-state index in [1.807, 2.05) is 54.6 Å². The molecule has 1 unspecified atom stereocenters. The molecule has 0 bridgehead atoms. The Labute approximate surface area is 152 Å². The van der Waals surface area contributed by atoms with E-state index in [1.165, 1.54) is 0 Å². The molecule has 130 valence electrons. The van der Waals surface area contributed by atoms with Crippen molar-refractivity contribution in [1.82, 2.24) is 0 Å². The third kappa shape index (κ3) is 3.87. The van der Waals surface area contributed by atoms with Crippen molar-refractivity contribution in [2.24, 2.45) is 5.92 Å². The Balaban J connectivity index is 1.89. The van der Waals surface area contributed by atoms with Crippen LogP contribution in [-0.4, -0.2) is 24.2 Å². The predicted octanol–water partition coefficient (Wildman–Crippen LogP) is 4.07. The number of benzene rings is 2. The summed E-state index contributed by atoms with van der Waals surface area (Å²) >= 11 is 1.74. The van der Waals surface area contributed by atoms with Crippen molar-refractivity contribution >= 4 is 29.3 Å². The minimum atomic E-state index is -0.357. The molecular weight excluding hydrogens is 334 g/mol. The smallest absolute Gasteiger partial charge is 0.308 e. The number of thioether (sulfide) groups is 1. The van der Waals surface area contributed by atoms with Crippen molar-refractivity contribution in [2.75, 3.05) is 17.3 Å². The largest absolute Gasteiger partial charge is 0.455 e. The van der Waals surface area contributed by atoms with Gasteiger partial charge in [0.2, 0.25) is 0 Å². The second kappa shape index (κ2) is 7.74. The highest BCUT2D eigenvalue weighted by atomic mass is 32.2. The number of nitrogens with zero attached hydrogens (tertiary/aromatic N) is 1. The van der Waals surface area contributed by atoms with Gasteiger partial charge in [-0.25, -0.2) is 0 Å². The molecule has 4 nitrogen and oxygen atoms in total. The quantitative estimate of drug-likeness (QED) is 0.776. The lowest BCUT2D eigenvalue weighted by molar-refractivity contribution is -0.151. The van der Waals surface area contributed by atoms with Crippen LogP contribution in [0.5, 0.6) is 0 Å². The van der Waals surface area contributed by atoms with E-state index in [9.17, 15) is 9.59 Å². The molecule has 1 aliphatic rings. The van der Waals surface area contributed by atoms with Gasteiger partial charge in [0.05, 0.1) is 17.6 Å². The summed E-state index contributed by atoms with van der Waals surface area (Å²) in [6, 6.07) is 17.7. The third-order valence-electron chi connectivity index (χ3n) is 4.10. The zero-order chi connectivity index (χ0) is 17.8. The van der Waals surface area contributed by atoms with Gasteiger partial charge >= 0.3 is 5.97 Å². The highest BCUT2D eigenvalue weighted by Gasteiger charge is 2.32. The standard InChI is InChI=1S/C20H21NO3S/c1-14(2)20(23)24-12-19(22)21-16-10-6-7-11-18(16)25-13-17(21)15-8-4-3-5-9-15/h3-11,14,17H,12-13H2,1-2H3. The minimum absolute atomic E-state index is 0.0775. The van der Waals surface area contributed by atoms with E-state index in [0.717, 1.165) is 21.9 Å². The zero-order valence-corrected chi connectivity index (χ0v) is 15.2. The number of carbonyl (C=O) groups is 2. The SMILES string of the molecule is CC(C)C(=O)OCC(=O)N1c2ccccc2SCC1c1ccccc1. The number of para-hydroxylation sites is 1. The molecule has 1 amide bonds. The molecule has 1 heterocycles. The number of amides is 1. The summed E-state index contributed by atoms with van der Waals surface area (Å²) in [6.07, 6.45) is 0. The van der Waals surface area contributed by atoms with Crippen LogP contribution in [0.25, 0.3) is 0 Å². The van der Waals surface area contributed by atoms with Crippen LogP contribution in [0.4, 0.5) is 5.69 Å². The maximum absolute atomic E-state index is 12.9. The van der Waals surface area contributed by atoms with Crippen LogP contribution < -0.4 is 4.90 Å². The third-order valence-corrected chi connectivity index (χ3v) is 5.23. The Kier molecular flexibility index (Phi) is 5.43. The van der Waals surface area contributed by atoms with Gasteiger partial charge in [-0.1, -0.05) is 56.3 Å². The molecule has 0 N–H and O–H groups in total. The number of fused-ring (bicyclic) bond motifs is 1. The first-order valence-electron chi connectivity index (χ1n) is 8.33. The number of ether oxygens (including phenoxy) is 1. The van der Waals surface area contributed by atoms with E-state index in [0.29, 0.717) is 0 Å². The van der Waals surface area contributed by atoms with Crippen LogP contribution in [0.1, 0.15) is 25.5 Å². The molecule has 2 aromatic rings. The van der Waals surface area contributed by atoms with Crippen molar-refractivity contribution in [3.8, 4) is 0 Å². The topological polar surface area (TPSA) is 46.6 Å². The normalized spacial score (nSPS) is 16.4. The van der Waals surface area contributed by atoms with Gasteiger partial charge in [0.25, 0.3) is 5.91 Å². The Morgan fingerprint density at radius 2 is 1.80 bits per heavy atom. The first-order valence-corrected chi connectivity index (χ1v) is 9.32. The summed E-state index contributed by atoms with van der Waals surface area (Å²) in [5.74, 6) is -0.0351. The Hall–Kier alpha value is -2.27. The Bertz CT molecular complexity index is 761. The first-order chi connectivity index (χ1) is 12.1. The fourth-order valence-electron chi connectivity index (χ4n) is 2.79. The summed E-state index contributed by atoms with van der Waals surface area (Å²) < 4.78 is 5.18.